The summed E-state index contributed by atoms with van der Waals surface area (Å²) >= 11 is 1.07. The quantitative estimate of drug-likeness (QED) is 0.577. The highest BCUT2D eigenvalue weighted by Gasteiger charge is 2.21. The topological polar surface area (TPSA) is 95.2 Å². The molecule has 122 valence electrons. The zero-order valence-corrected chi connectivity index (χ0v) is 13.4. The van der Waals surface area contributed by atoms with E-state index in [9.17, 15) is 14.0 Å². The first-order valence-corrected chi connectivity index (χ1v) is 7.85. The number of thiophene rings is 1. The van der Waals surface area contributed by atoms with Crippen molar-refractivity contribution in [2.45, 2.75) is 6.92 Å². The van der Waals surface area contributed by atoms with Crippen molar-refractivity contribution in [1.29, 1.82) is 0 Å². The number of fused-ring (bicyclic) bond motifs is 1. The van der Waals surface area contributed by atoms with Crippen molar-refractivity contribution in [2.24, 2.45) is 0 Å². The summed E-state index contributed by atoms with van der Waals surface area (Å²) in [6.45, 7) is 1.94. The molecule has 6 nitrogen and oxygen atoms in total. The summed E-state index contributed by atoms with van der Waals surface area (Å²) < 4.78 is 18.0. The van der Waals surface area contributed by atoms with Crippen LogP contribution in [-0.2, 0) is 4.74 Å². The summed E-state index contributed by atoms with van der Waals surface area (Å²) in [5.74, 6) is -1.45. The Labute approximate surface area is 140 Å². The molecule has 0 aliphatic carbocycles. The molecule has 24 heavy (non-hydrogen) atoms. The summed E-state index contributed by atoms with van der Waals surface area (Å²) in [6, 6.07) is 6.61. The molecule has 8 heteroatoms. The van der Waals surface area contributed by atoms with E-state index in [1.54, 1.807) is 6.92 Å². The van der Waals surface area contributed by atoms with Crippen molar-refractivity contribution < 1.29 is 18.7 Å². The number of nitrogens with two attached hydrogens (primary N) is 1. The van der Waals surface area contributed by atoms with Crippen molar-refractivity contribution in [1.82, 2.24) is 9.97 Å². The van der Waals surface area contributed by atoms with Gasteiger partial charge < -0.3 is 10.5 Å². The lowest BCUT2D eigenvalue weighted by atomic mass is 10.1. The lowest BCUT2D eigenvalue weighted by molar-refractivity contribution is 0.0532. The summed E-state index contributed by atoms with van der Waals surface area (Å²) in [4.78, 5) is 33.3. The molecular weight excluding hydrogens is 333 g/mol. The van der Waals surface area contributed by atoms with Crippen molar-refractivity contribution in [3.05, 3.63) is 52.3 Å². The Kier molecular flexibility index (Phi) is 4.22. The number of ether oxygens (including phenoxy) is 1. The molecule has 0 aliphatic rings. The summed E-state index contributed by atoms with van der Waals surface area (Å²) in [5, 5.41) is 0.409. The van der Waals surface area contributed by atoms with Gasteiger partial charge in [0, 0.05) is 10.9 Å². The average Bonchev–Trinajstić information content (AvgIpc) is 2.98. The van der Waals surface area contributed by atoms with Gasteiger partial charge in [-0.1, -0.05) is 0 Å². The third-order valence-corrected chi connectivity index (χ3v) is 4.22. The minimum Gasteiger partial charge on any atom is -0.462 e. The highest BCUT2D eigenvalue weighted by Crippen LogP contribution is 2.28. The largest absolute Gasteiger partial charge is 0.462 e. The molecule has 0 saturated heterocycles. The highest BCUT2D eigenvalue weighted by molar-refractivity contribution is 7.20. The minimum absolute atomic E-state index is 0.0657. The Morgan fingerprint density at radius 3 is 2.62 bits per heavy atom. The fourth-order valence-corrected chi connectivity index (χ4v) is 3.08. The van der Waals surface area contributed by atoms with Crippen LogP contribution in [0.5, 0.6) is 0 Å². The third kappa shape index (κ3) is 2.95. The van der Waals surface area contributed by atoms with Gasteiger partial charge in [0.05, 0.1) is 6.61 Å². The Balaban J connectivity index is 2.11. The molecule has 0 fully saturated rings. The van der Waals surface area contributed by atoms with Crippen LogP contribution in [0.25, 0.3) is 10.2 Å². The number of halogens is 1. The molecule has 0 saturated carbocycles. The van der Waals surface area contributed by atoms with Crippen LogP contribution in [0.2, 0.25) is 0 Å². The zero-order chi connectivity index (χ0) is 17.3. The van der Waals surface area contributed by atoms with Gasteiger partial charge in [0.15, 0.2) is 0 Å². The van der Waals surface area contributed by atoms with Crippen LogP contribution >= 0.6 is 11.3 Å². The third-order valence-electron chi connectivity index (χ3n) is 3.21. The maximum absolute atomic E-state index is 13.0. The normalized spacial score (nSPS) is 10.8. The maximum atomic E-state index is 13.0. The molecule has 0 aliphatic heterocycles. The van der Waals surface area contributed by atoms with Gasteiger partial charge in [-0.25, -0.2) is 19.2 Å². The van der Waals surface area contributed by atoms with E-state index in [1.807, 2.05) is 0 Å². The Hall–Kier alpha value is -2.87. The second kappa shape index (κ2) is 6.32. The molecular formula is C16H12FN3O3S. The van der Waals surface area contributed by atoms with E-state index in [2.05, 4.69) is 9.97 Å². The number of aromatic nitrogens is 2. The van der Waals surface area contributed by atoms with Crippen LogP contribution in [-0.4, -0.2) is 28.3 Å². The van der Waals surface area contributed by atoms with Crippen LogP contribution in [0.1, 0.15) is 32.6 Å². The van der Waals surface area contributed by atoms with Crippen LogP contribution in [0, 0.1) is 5.82 Å². The zero-order valence-electron chi connectivity index (χ0n) is 12.6. The van der Waals surface area contributed by atoms with E-state index in [1.165, 1.54) is 30.3 Å². The van der Waals surface area contributed by atoms with Crippen LogP contribution in [0.15, 0.2) is 30.3 Å². The number of benzene rings is 1. The number of rotatable bonds is 4. The van der Waals surface area contributed by atoms with Gasteiger partial charge in [-0.15, -0.1) is 11.3 Å². The number of nitrogens with zero attached hydrogens (tertiary/aromatic N) is 2. The molecule has 3 rings (SSSR count). The first-order valence-electron chi connectivity index (χ1n) is 7.04. The van der Waals surface area contributed by atoms with Crippen molar-refractivity contribution in [3.8, 4) is 0 Å². The van der Waals surface area contributed by atoms with Gasteiger partial charge in [-0.3, -0.25) is 4.79 Å². The van der Waals surface area contributed by atoms with E-state index in [-0.39, 0.29) is 23.8 Å². The van der Waals surface area contributed by atoms with E-state index >= 15 is 0 Å². The first-order chi connectivity index (χ1) is 11.5. The van der Waals surface area contributed by atoms with Gasteiger partial charge in [0.25, 0.3) is 0 Å². The number of nitrogen functional groups attached to an aromatic ring is 1. The first kappa shape index (κ1) is 16.0. The fourth-order valence-electron chi connectivity index (χ4n) is 2.15. The van der Waals surface area contributed by atoms with Gasteiger partial charge in [-0.2, -0.15) is 0 Å². The Morgan fingerprint density at radius 2 is 1.96 bits per heavy atom. The van der Waals surface area contributed by atoms with Gasteiger partial charge in [0.1, 0.15) is 21.2 Å². The summed E-state index contributed by atoms with van der Waals surface area (Å²) in [5.41, 5.74) is 5.99. The number of hydrogen-bond acceptors (Lipinski definition) is 7. The van der Waals surface area contributed by atoms with Crippen molar-refractivity contribution in [2.75, 3.05) is 12.3 Å². The number of carbonyl (C=O) groups is 2. The lowest BCUT2D eigenvalue weighted by Crippen LogP contribution is -2.08. The summed E-state index contributed by atoms with van der Waals surface area (Å²) in [7, 11) is 0. The standard InChI is InChI=1S/C16H12FN3O3S/c1-2-23-15(22)11-7-10-12(19-16(18)20-14(10)24-11)13(21)8-3-5-9(17)6-4-8/h3-7H,2H2,1H3,(H2,18,19,20). The van der Waals surface area contributed by atoms with Crippen LogP contribution < -0.4 is 5.73 Å². The highest BCUT2D eigenvalue weighted by atomic mass is 32.1. The molecule has 0 radical (unpaired) electrons. The molecule has 0 unspecified atom stereocenters. The molecule has 2 aromatic heterocycles. The monoisotopic (exact) mass is 345 g/mol. The predicted molar refractivity (Wildman–Crippen MR) is 87.6 cm³/mol. The smallest absolute Gasteiger partial charge is 0.348 e. The lowest BCUT2D eigenvalue weighted by Gasteiger charge is -2.03. The number of esters is 1. The Morgan fingerprint density at radius 1 is 1.25 bits per heavy atom. The van der Waals surface area contributed by atoms with Crippen molar-refractivity contribution >= 4 is 39.3 Å². The van der Waals surface area contributed by atoms with Crippen molar-refractivity contribution in [3.63, 3.8) is 0 Å². The molecule has 0 atom stereocenters. The number of ketones is 1. The predicted octanol–water partition coefficient (Wildman–Crippen LogP) is 2.82. The number of hydrogen-bond donors (Lipinski definition) is 1. The average molecular weight is 345 g/mol. The van der Waals surface area contributed by atoms with Gasteiger partial charge in [-0.05, 0) is 37.3 Å². The van der Waals surface area contributed by atoms with Crippen LogP contribution in [0.4, 0.5) is 10.3 Å². The van der Waals surface area contributed by atoms with Gasteiger partial charge >= 0.3 is 5.97 Å². The molecule has 2 N–H and O–H groups in total. The van der Waals surface area contributed by atoms with E-state index in [0.717, 1.165) is 11.3 Å². The number of anilines is 1. The second-order valence-electron chi connectivity index (χ2n) is 4.82. The molecule has 0 spiro atoms. The van der Waals surface area contributed by atoms with E-state index in [0.29, 0.717) is 15.1 Å². The van der Waals surface area contributed by atoms with E-state index < -0.39 is 17.6 Å². The van der Waals surface area contributed by atoms with Crippen LogP contribution in [0.3, 0.4) is 0 Å². The minimum atomic E-state index is -0.501. The van der Waals surface area contributed by atoms with E-state index in [4.69, 9.17) is 10.5 Å². The molecule has 0 amide bonds. The maximum Gasteiger partial charge on any atom is 0.348 e. The molecule has 2 heterocycles. The Bertz CT molecular complexity index is 938. The molecule has 1 aromatic carbocycles. The SMILES string of the molecule is CCOC(=O)c1cc2c(C(=O)c3ccc(F)cc3)nc(N)nc2s1. The van der Waals surface area contributed by atoms with Gasteiger partial charge in [0.2, 0.25) is 11.7 Å². The molecule has 0 bridgehead atoms. The number of carbonyl (C=O) groups excluding carboxylic acids is 2. The molecule has 3 aromatic rings. The second-order valence-corrected chi connectivity index (χ2v) is 5.85. The summed E-state index contributed by atoms with van der Waals surface area (Å²) in [6.07, 6.45) is 0. The fraction of sp³-hybridized carbons (Fsp3) is 0.125.